The minimum Gasteiger partial charge on any atom is -0.310 e. The van der Waals surface area contributed by atoms with E-state index in [1.807, 2.05) is 19.9 Å². The molecule has 0 atom stereocenters. The molecule has 1 N–H and O–H groups in total. The Morgan fingerprint density at radius 1 is 1.26 bits per heavy atom. The lowest BCUT2D eigenvalue weighted by atomic mass is 10.0. The van der Waals surface area contributed by atoms with Crippen LogP contribution in [0.4, 0.5) is 0 Å². The molecule has 0 saturated heterocycles. The highest BCUT2D eigenvalue weighted by molar-refractivity contribution is 7.19. The third-order valence-electron chi connectivity index (χ3n) is 3.73. The average molecular weight is 367 g/mol. The summed E-state index contributed by atoms with van der Waals surface area (Å²) in [4.78, 5) is 22.1. The molecule has 0 aliphatic rings. The van der Waals surface area contributed by atoms with Gasteiger partial charge in [-0.3, -0.25) is 4.79 Å². The summed E-state index contributed by atoms with van der Waals surface area (Å²) in [7, 11) is 0. The number of hydrogen-bond donors (Lipinski definition) is 1. The number of nitrogens with one attached hydrogen (secondary N) is 1. The second-order valence-electron chi connectivity index (χ2n) is 5.67. The molecule has 0 aliphatic carbocycles. The molecule has 0 saturated carbocycles. The number of benzene rings is 1. The number of H-pyrrole nitrogens is 1. The van der Waals surface area contributed by atoms with Gasteiger partial charge in [0.15, 0.2) is 0 Å². The first kappa shape index (κ1) is 16.5. The molecule has 6 heteroatoms. The van der Waals surface area contributed by atoms with Gasteiger partial charge in [0.2, 0.25) is 0 Å². The first-order chi connectivity index (χ1) is 10.9. The van der Waals surface area contributed by atoms with Crippen LogP contribution >= 0.6 is 34.5 Å². The third-order valence-corrected chi connectivity index (χ3v) is 5.70. The van der Waals surface area contributed by atoms with E-state index in [-0.39, 0.29) is 11.5 Å². The van der Waals surface area contributed by atoms with Crippen molar-refractivity contribution in [2.24, 2.45) is 0 Å². The van der Waals surface area contributed by atoms with Crippen molar-refractivity contribution in [3.63, 3.8) is 0 Å². The number of nitrogens with zero attached hydrogens (tertiary/aromatic N) is 1. The molecule has 0 radical (unpaired) electrons. The first-order valence-electron chi connectivity index (χ1n) is 7.43. The summed E-state index contributed by atoms with van der Waals surface area (Å²) in [5.41, 5.74) is 1.71. The molecule has 2 aromatic heterocycles. The highest BCUT2D eigenvalue weighted by Gasteiger charge is 2.19. The van der Waals surface area contributed by atoms with Gasteiger partial charge in [-0.1, -0.05) is 50.0 Å². The van der Waals surface area contributed by atoms with Crippen molar-refractivity contribution in [3.05, 3.63) is 49.3 Å². The summed E-state index contributed by atoms with van der Waals surface area (Å²) in [5.74, 6) is 0.889. The predicted octanol–water partition coefficient (Wildman–Crippen LogP) is 5.64. The van der Waals surface area contributed by atoms with Crippen LogP contribution in [0.5, 0.6) is 0 Å². The summed E-state index contributed by atoms with van der Waals surface area (Å²) in [6.07, 6.45) is 0.826. The minimum atomic E-state index is -0.101. The van der Waals surface area contributed by atoms with Gasteiger partial charge in [-0.05, 0) is 24.1 Å². The van der Waals surface area contributed by atoms with Crippen LogP contribution in [0.2, 0.25) is 10.0 Å². The average Bonchev–Trinajstić information content (AvgIpc) is 2.89. The molecule has 3 nitrogen and oxygen atoms in total. The third kappa shape index (κ3) is 2.91. The number of rotatable bonds is 3. The Morgan fingerprint density at radius 2 is 2.00 bits per heavy atom. The minimum absolute atomic E-state index is 0.101. The molecule has 120 valence electrons. The predicted molar refractivity (Wildman–Crippen MR) is 99.2 cm³/mol. The lowest BCUT2D eigenvalue weighted by Gasteiger charge is -2.06. The van der Waals surface area contributed by atoms with E-state index in [9.17, 15) is 4.79 Å². The van der Waals surface area contributed by atoms with E-state index in [1.54, 1.807) is 23.5 Å². The van der Waals surface area contributed by atoms with Crippen LogP contribution in [0.25, 0.3) is 21.3 Å². The van der Waals surface area contributed by atoms with Gasteiger partial charge in [-0.25, -0.2) is 4.98 Å². The molecule has 2 heterocycles. The summed E-state index contributed by atoms with van der Waals surface area (Å²) < 4.78 is 0. The number of hydrogen-bond acceptors (Lipinski definition) is 3. The van der Waals surface area contributed by atoms with Crippen molar-refractivity contribution >= 4 is 44.8 Å². The highest BCUT2D eigenvalue weighted by Crippen LogP contribution is 2.38. The first-order valence-corrected chi connectivity index (χ1v) is 9.00. The maximum atomic E-state index is 12.6. The molecule has 23 heavy (non-hydrogen) atoms. The van der Waals surface area contributed by atoms with Gasteiger partial charge in [0.25, 0.3) is 5.56 Å². The normalized spacial score (nSPS) is 11.6. The number of thiophene rings is 1. The zero-order chi connectivity index (χ0) is 16.7. The summed E-state index contributed by atoms with van der Waals surface area (Å²) in [6, 6.07) is 5.46. The summed E-state index contributed by atoms with van der Waals surface area (Å²) in [5, 5.41) is 1.62. The maximum Gasteiger partial charge on any atom is 0.260 e. The Hall–Kier alpha value is -1.36. The Bertz CT molecular complexity index is 944. The molecule has 0 spiro atoms. The van der Waals surface area contributed by atoms with Crippen LogP contribution in [0, 0.1) is 0 Å². The molecule has 0 amide bonds. The molecule has 3 aromatic rings. The van der Waals surface area contributed by atoms with Crippen molar-refractivity contribution in [1.29, 1.82) is 0 Å². The van der Waals surface area contributed by atoms with Crippen molar-refractivity contribution in [1.82, 2.24) is 9.97 Å². The van der Waals surface area contributed by atoms with E-state index in [2.05, 4.69) is 16.9 Å². The van der Waals surface area contributed by atoms with Gasteiger partial charge in [0.05, 0.1) is 15.4 Å². The van der Waals surface area contributed by atoms with Crippen LogP contribution in [-0.4, -0.2) is 9.97 Å². The highest BCUT2D eigenvalue weighted by atomic mass is 35.5. The van der Waals surface area contributed by atoms with Crippen LogP contribution < -0.4 is 5.56 Å². The van der Waals surface area contributed by atoms with Gasteiger partial charge in [0, 0.05) is 16.4 Å². The fourth-order valence-electron chi connectivity index (χ4n) is 2.55. The number of aromatic amines is 1. The van der Waals surface area contributed by atoms with Crippen molar-refractivity contribution in [2.45, 2.75) is 33.1 Å². The van der Waals surface area contributed by atoms with Gasteiger partial charge in [-0.2, -0.15) is 0 Å². The Balaban J connectivity index is 2.35. The monoisotopic (exact) mass is 366 g/mol. The van der Waals surface area contributed by atoms with E-state index < -0.39 is 0 Å². The van der Waals surface area contributed by atoms with Crippen LogP contribution in [0.15, 0.2) is 23.0 Å². The van der Waals surface area contributed by atoms with Gasteiger partial charge in [0.1, 0.15) is 10.7 Å². The second-order valence-corrected chi connectivity index (χ2v) is 7.57. The Morgan fingerprint density at radius 3 is 2.61 bits per heavy atom. The zero-order valence-electron chi connectivity index (χ0n) is 13.0. The molecule has 1 aromatic carbocycles. The van der Waals surface area contributed by atoms with Crippen molar-refractivity contribution in [2.75, 3.05) is 0 Å². The Labute approximate surface area is 148 Å². The number of aromatic nitrogens is 2. The number of halogens is 2. The van der Waals surface area contributed by atoms with Crippen LogP contribution in [0.1, 0.15) is 37.4 Å². The standard InChI is InChI=1S/C17H16Cl2N2OS/c1-4-12-13(9-5-6-10(18)11(19)7-9)14-16(22)20-15(8(2)3)21-17(14)23-12/h5-8H,4H2,1-3H3,(H,20,21,22). The van der Waals surface area contributed by atoms with E-state index in [4.69, 9.17) is 23.2 Å². The summed E-state index contributed by atoms with van der Waals surface area (Å²) >= 11 is 13.7. The SMILES string of the molecule is CCc1sc2nc(C(C)C)[nH]c(=O)c2c1-c1ccc(Cl)c(Cl)c1. The van der Waals surface area contributed by atoms with E-state index in [1.165, 1.54) is 0 Å². The molecular weight excluding hydrogens is 351 g/mol. The van der Waals surface area contributed by atoms with Crippen LogP contribution in [-0.2, 0) is 6.42 Å². The largest absolute Gasteiger partial charge is 0.310 e. The topological polar surface area (TPSA) is 45.8 Å². The summed E-state index contributed by atoms with van der Waals surface area (Å²) in [6.45, 7) is 6.10. The Kier molecular flexibility index (Phi) is 4.50. The molecule has 3 rings (SSSR count). The lowest BCUT2D eigenvalue weighted by molar-refractivity contribution is 0.778. The van der Waals surface area contributed by atoms with Crippen LogP contribution in [0.3, 0.4) is 0 Å². The number of fused-ring (bicyclic) bond motifs is 1. The van der Waals surface area contributed by atoms with Gasteiger partial charge in [-0.15, -0.1) is 11.3 Å². The number of aryl methyl sites for hydroxylation is 1. The molecule has 0 unspecified atom stereocenters. The van der Waals surface area contributed by atoms with Crippen molar-refractivity contribution in [3.8, 4) is 11.1 Å². The van der Waals surface area contributed by atoms with Gasteiger partial charge < -0.3 is 4.98 Å². The quantitative estimate of drug-likeness (QED) is 0.651. The van der Waals surface area contributed by atoms with E-state index in [0.29, 0.717) is 21.3 Å². The van der Waals surface area contributed by atoms with Gasteiger partial charge >= 0.3 is 0 Å². The smallest absolute Gasteiger partial charge is 0.260 e. The van der Waals surface area contributed by atoms with Crippen molar-refractivity contribution < 1.29 is 0 Å². The molecule has 0 bridgehead atoms. The lowest BCUT2D eigenvalue weighted by Crippen LogP contribution is -2.12. The molecular formula is C17H16Cl2N2OS. The van der Waals surface area contributed by atoms with E-state index in [0.717, 1.165) is 27.3 Å². The maximum absolute atomic E-state index is 12.6. The van der Waals surface area contributed by atoms with E-state index >= 15 is 0 Å². The fraction of sp³-hybridized carbons (Fsp3) is 0.294. The molecule has 0 aliphatic heterocycles. The molecule has 0 fully saturated rings. The second kappa shape index (κ2) is 6.27. The fourth-order valence-corrected chi connectivity index (χ4v) is 3.99. The zero-order valence-corrected chi connectivity index (χ0v) is 15.4.